The number of carbonyl (C=O) groups is 2. The van der Waals surface area contributed by atoms with Crippen LogP contribution in [0.15, 0.2) is 79.3 Å². The Kier molecular flexibility index (Phi) is 6.78. The fraction of sp³-hybridized carbons (Fsp3) is 0.231. The molecule has 0 unspecified atom stereocenters. The van der Waals surface area contributed by atoms with Gasteiger partial charge in [0.1, 0.15) is 11.4 Å². The van der Waals surface area contributed by atoms with Crippen molar-refractivity contribution in [3.63, 3.8) is 0 Å². The molecule has 0 bridgehead atoms. The maximum Gasteiger partial charge on any atom is 0.272 e. The predicted molar refractivity (Wildman–Crippen MR) is 128 cm³/mol. The van der Waals surface area contributed by atoms with Crippen LogP contribution in [0.4, 0.5) is 0 Å². The maximum absolute atomic E-state index is 13.3. The van der Waals surface area contributed by atoms with E-state index >= 15 is 0 Å². The number of benzene rings is 1. The third-order valence-corrected chi connectivity index (χ3v) is 5.83. The zero-order valence-electron chi connectivity index (χ0n) is 18.8. The quantitative estimate of drug-likeness (QED) is 0.454. The lowest BCUT2D eigenvalue weighted by atomic mass is 10.0. The van der Waals surface area contributed by atoms with E-state index in [0.717, 1.165) is 16.5 Å². The van der Waals surface area contributed by atoms with Gasteiger partial charge in [-0.1, -0.05) is 30.3 Å². The SMILES string of the molecule is CN(C(=O)c1ccc2cnccc2n1)[C@H](CCNC(=O)c1cccn1C)Cc1ccccc1. The van der Waals surface area contributed by atoms with Crippen molar-refractivity contribution in [2.24, 2.45) is 7.05 Å². The molecular weight excluding hydrogens is 414 g/mol. The fourth-order valence-corrected chi connectivity index (χ4v) is 3.89. The molecule has 0 fully saturated rings. The van der Waals surface area contributed by atoms with E-state index in [1.165, 1.54) is 0 Å². The molecule has 2 amide bonds. The highest BCUT2D eigenvalue weighted by Crippen LogP contribution is 2.16. The van der Waals surface area contributed by atoms with Gasteiger partial charge in [0.25, 0.3) is 11.8 Å². The van der Waals surface area contributed by atoms with Crippen LogP contribution in [0, 0.1) is 0 Å². The molecule has 0 spiro atoms. The Hall–Kier alpha value is -4.00. The first-order valence-corrected chi connectivity index (χ1v) is 10.9. The zero-order chi connectivity index (χ0) is 23.2. The van der Waals surface area contributed by atoms with Crippen molar-refractivity contribution in [3.8, 4) is 0 Å². The van der Waals surface area contributed by atoms with Gasteiger partial charge in [-0.2, -0.15) is 0 Å². The number of nitrogens with zero attached hydrogens (tertiary/aromatic N) is 4. The van der Waals surface area contributed by atoms with Gasteiger partial charge in [-0.15, -0.1) is 0 Å². The summed E-state index contributed by atoms with van der Waals surface area (Å²) < 4.78 is 1.79. The molecule has 0 saturated heterocycles. The Morgan fingerprint density at radius 1 is 1.06 bits per heavy atom. The molecule has 0 radical (unpaired) electrons. The number of carbonyl (C=O) groups excluding carboxylic acids is 2. The molecule has 7 nitrogen and oxygen atoms in total. The Bertz CT molecular complexity index is 1250. The summed E-state index contributed by atoms with van der Waals surface area (Å²) in [6.07, 6.45) is 6.53. The minimum Gasteiger partial charge on any atom is -0.351 e. The Labute approximate surface area is 193 Å². The number of aromatic nitrogens is 3. The molecular formula is C26H27N5O2. The summed E-state index contributed by atoms with van der Waals surface area (Å²) in [5, 5.41) is 3.87. The number of likely N-dealkylation sites (N-methyl/N-ethyl adjacent to an activating group) is 1. The van der Waals surface area contributed by atoms with E-state index in [9.17, 15) is 9.59 Å². The van der Waals surface area contributed by atoms with Crippen LogP contribution in [-0.2, 0) is 13.5 Å². The van der Waals surface area contributed by atoms with Crippen molar-refractivity contribution in [1.82, 2.24) is 24.8 Å². The number of amides is 2. The van der Waals surface area contributed by atoms with Gasteiger partial charge in [-0.3, -0.25) is 14.6 Å². The van der Waals surface area contributed by atoms with Crippen LogP contribution in [0.2, 0.25) is 0 Å². The van der Waals surface area contributed by atoms with Crippen molar-refractivity contribution < 1.29 is 9.59 Å². The first kappa shape index (κ1) is 22.2. The second-order valence-corrected chi connectivity index (χ2v) is 8.07. The van der Waals surface area contributed by atoms with E-state index in [1.54, 1.807) is 47.1 Å². The summed E-state index contributed by atoms with van der Waals surface area (Å²) in [6.45, 7) is 0.454. The molecule has 0 aliphatic rings. The van der Waals surface area contributed by atoms with Crippen LogP contribution < -0.4 is 5.32 Å². The molecule has 3 heterocycles. The van der Waals surface area contributed by atoms with Gasteiger partial charge in [-0.05, 0) is 48.7 Å². The van der Waals surface area contributed by atoms with Gasteiger partial charge in [0.2, 0.25) is 0 Å². The molecule has 168 valence electrons. The van der Waals surface area contributed by atoms with E-state index in [4.69, 9.17) is 0 Å². The summed E-state index contributed by atoms with van der Waals surface area (Å²) in [7, 11) is 3.64. The van der Waals surface area contributed by atoms with Gasteiger partial charge in [-0.25, -0.2) is 4.98 Å². The highest BCUT2D eigenvalue weighted by molar-refractivity contribution is 5.95. The summed E-state index contributed by atoms with van der Waals surface area (Å²) in [5.74, 6) is -0.275. The third-order valence-electron chi connectivity index (χ3n) is 5.83. The predicted octanol–water partition coefficient (Wildman–Crippen LogP) is 3.47. The van der Waals surface area contributed by atoms with E-state index in [-0.39, 0.29) is 17.9 Å². The topological polar surface area (TPSA) is 80.1 Å². The first-order valence-electron chi connectivity index (χ1n) is 10.9. The molecule has 33 heavy (non-hydrogen) atoms. The normalized spacial score (nSPS) is 11.8. The molecule has 1 atom stereocenters. The average Bonchev–Trinajstić information content (AvgIpc) is 3.28. The largest absolute Gasteiger partial charge is 0.351 e. The smallest absolute Gasteiger partial charge is 0.272 e. The van der Waals surface area contributed by atoms with Crippen molar-refractivity contribution in [3.05, 3.63) is 96.2 Å². The van der Waals surface area contributed by atoms with Crippen molar-refractivity contribution >= 4 is 22.7 Å². The minimum atomic E-state index is -0.150. The van der Waals surface area contributed by atoms with Crippen molar-refractivity contribution in [2.45, 2.75) is 18.9 Å². The number of hydrogen-bond acceptors (Lipinski definition) is 4. The monoisotopic (exact) mass is 441 g/mol. The average molecular weight is 442 g/mol. The third kappa shape index (κ3) is 5.26. The summed E-state index contributed by atoms with van der Waals surface area (Å²) >= 11 is 0. The van der Waals surface area contributed by atoms with Crippen LogP contribution in [-0.4, -0.2) is 50.9 Å². The summed E-state index contributed by atoms with van der Waals surface area (Å²) in [4.78, 5) is 36.2. The second-order valence-electron chi connectivity index (χ2n) is 8.07. The second kappa shape index (κ2) is 10.1. The van der Waals surface area contributed by atoms with Crippen LogP contribution in [0.1, 0.15) is 33.0 Å². The van der Waals surface area contributed by atoms with Crippen LogP contribution >= 0.6 is 0 Å². The lowest BCUT2D eigenvalue weighted by Crippen LogP contribution is -2.41. The number of aryl methyl sites for hydroxylation is 1. The number of fused-ring (bicyclic) bond motifs is 1. The number of nitrogens with one attached hydrogen (secondary N) is 1. The van der Waals surface area contributed by atoms with Gasteiger partial charge in [0.05, 0.1) is 5.52 Å². The van der Waals surface area contributed by atoms with Crippen LogP contribution in [0.3, 0.4) is 0 Å². The van der Waals surface area contributed by atoms with Gasteiger partial charge in [0.15, 0.2) is 0 Å². The molecule has 0 aliphatic carbocycles. The van der Waals surface area contributed by atoms with Gasteiger partial charge < -0.3 is 14.8 Å². The first-order chi connectivity index (χ1) is 16.0. The molecule has 4 aromatic rings. The lowest BCUT2D eigenvalue weighted by Gasteiger charge is -2.28. The number of hydrogen-bond donors (Lipinski definition) is 1. The number of pyridine rings is 2. The Balaban J connectivity index is 1.49. The minimum absolute atomic E-state index is 0.108. The van der Waals surface area contributed by atoms with Crippen LogP contribution in [0.5, 0.6) is 0 Å². The fourth-order valence-electron chi connectivity index (χ4n) is 3.89. The Morgan fingerprint density at radius 2 is 1.88 bits per heavy atom. The number of rotatable bonds is 8. The molecule has 3 aromatic heterocycles. The van der Waals surface area contributed by atoms with Gasteiger partial charge in [0, 0.05) is 50.7 Å². The zero-order valence-corrected chi connectivity index (χ0v) is 18.8. The van der Waals surface area contributed by atoms with Crippen molar-refractivity contribution in [1.29, 1.82) is 0 Å². The standard InChI is InChI=1S/C26H27N5O2/c1-30-16-6-9-24(30)25(32)28-15-12-21(17-19-7-4-3-5-8-19)31(2)26(33)23-11-10-20-18-27-14-13-22(20)29-23/h3-11,13-14,16,18,21H,12,15,17H2,1-2H3,(H,28,32)/t21-/m1/s1. The van der Waals surface area contributed by atoms with E-state index in [2.05, 4.69) is 27.4 Å². The lowest BCUT2D eigenvalue weighted by molar-refractivity contribution is 0.0717. The van der Waals surface area contributed by atoms with Crippen LogP contribution in [0.25, 0.3) is 10.9 Å². The highest BCUT2D eigenvalue weighted by atomic mass is 16.2. The molecule has 0 saturated carbocycles. The highest BCUT2D eigenvalue weighted by Gasteiger charge is 2.23. The molecule has 4 rings (SSSR count). The Morgan fingerprint density at radius 3 is 2.64 bits per heavy atom. The van der Waals surface area contributed by atoms with E-state index in [1.807, 2.05) is 43.6 Å². The van der Waals surface area contributed by atoms with Crippen molar-refractivity contribution in [2.75, 3.05) is 13.6 Å². The summed E-state index contributed by atoms with van der Waals surface area (Å²) in [6, 6.07) is 19.0. The molecule has 7 heteroatoms. The van der Waals surface area contributed by atoms with E-state index < -0.39 is 0 Å². The molecule has 0 aliphatic heterocycles. The molecule has 1 aromatic carbocycles. The maximum atomic E-state index is 13.3. The van der Waals surface area contributed by atoms with E-state index in [0.29, 0.717) is 30.8 Å². The summed E-state index contributed by atoms with van der Waals surface area (Å²) in [5.41, 5.74) is 2.86. The van der Waals surface area contributed by atoms with Gasteiger partial charge >= 0.3 is 0 Å². The molecule has 1 N–H and O–H groups in total.